The van der Waals surface area contributed by atoms with Gasteiger partial charge in [-0.25, -0.2) is 4.79 Å². The zero-order chi connectivity index (χ0) is 19.2. The lowest BCUT2D eigenvalue weighted by Gasteiger charge is -2.30. The Kier molecular flexibility index (Phi) is 4.02. The number of H-pyrrole nitrogens is 1. The van der Waals surface area contributed by atoms with Crippen LogP contribution in [0.2, 0.25) is 0 Å². The van der Waals surface area contributed by atoms with Gasteiger partial charge in [0.2, 0.25) is 0 Å². The Labute approximate surface area is 157 Å². The number of ether oxygens (including phenoxy) is 1. The summed E-state index contributed by atoms with van der Waals surface area (Å²) < 4.78 is 5.51. The number of nitrogens with one attached hydrogen (secondary N) is 1. The van der Waals surface area contributed by atoms with E-state index in [9.17, 15) is 9.90 Å². The second kappa shape index (κ2) is 6.26. The molecule has 0 atom stereocenters. The molecule has 2 N–H and O–H groups in total. The number of hydrogen-bond donors (Lipinski definition) is 2. The fourth-order valence-corrected chi connectivity index (χ4v) is 3.31. The Morgan fingerprint density at radius 3 is 2.78 bits per heavy atom. The quantitative estimate of drug-likeness (QED) is 0.686. The lowest BCUT2D eigenvalue weighted by Crippen LogP contribution is -2.39. The van der Waals surface area contributed by atoms with E-state index < -0.39 is 5.60 Å². The SMILES string of the molecule is CC(C)(C)OC(=O)N1CCc2[nH]c3nnc(-c4ccccc4O)cc3c2C1. The first-order valence-corrected chi connectivity index (χ1v) is 8.95. The number of hydrogen-bond acceptors (Lipinski definition) is 5. The van der Waals surface area contributed by atoms with E-state index in [2.05, 4.69) is 15.2 Å². The van der Waals surface area contributed by atoms with Crippen LogP contribution in [0.1, 0.15) is 32.0 Å². The second-order valence-corrected chi connectivity index (χ2v) is 7.74. The Morgan fingerprint density at radius 2 is 2.04 bits per heavy atom. The molecule has 1 amide bonds. The molecule has 0 spiro atoms. The van der Waals surface area contributed by atoms with Gasteiger partial charge in [-0.2, -0.15) is 0 Å². The van der Waals surface area contributed by atoms with Crippen molar-refractivity contribution in [3.8, 4) is 17.0 Å². The van der Waals surface area contributed by atoms with Crippen LogP contribution in [0.25, 0.3) is 22.3 Å². The van der Waals surface area contributed by atoms with Crippen molar-refractivity contribution in [3.63, 3.8) is 0 Å². The monoisotopic (exact) mass is 366 g/mol. The van der Waals surface area contributed by atoms with Gasteiger partial charge in [0, 0.05) is 35.2 Å². The summed E-state index contributed by atoms with van der Waals surface area (Å²) in [5.41, 5.74) is 3.46. The third kappa shape index (κ3) is 3.32. The summed E-state index contributed by atoms with van der Waals surface area (Å²) in [5.74, 6) is 0.158. The van der Waals surface area contributed by atoms with Crippen molar-refractivity contribution in [3.05, 3.63) is 41.6 Å². The minimum absolute atomic E-state index is 0.158. The Bertz CT molecular complexity index is 1020. The van der Waals surface area contributed by atoms with Gasteiger partial charge in [0.1, 0.15) is 11.4 Å². The molecule has 1 aliphatic heterocycles. The number of aromatic amines is 1. The minimum Gasteiger partial charge on any atom is -0.507 e. The Morgan fingerprint density at radius 1 is 1.26 bits per heavy atom. The average Bonchev–Trinajstić information content (AvgIpc) is 2.97. The lowest BCUT2D eigenvalue weighted by molar-refractivity contribution is 0.0224. The van der Waals surface area contributed by atoms with Crippen molar-refractivity contribution in [1.82, 2.24) is 20.1 Å². The molecule has 0 fully saturated rings. The first kappa shape index (κ1) is 17.3. The summed E-state index contributed by atoms with van der Waals surface area (Å²) >= 11 is 0. The highest BCUT2D eigenvalue weighted by Gasteiger charge is 2.28. The lowest BCUT2D eigenvalue weighted by atomic mass is 10.0. The van der Waals surface area contributed by atoms with E-state index in [1.54, 1.807) is 23.1 Å². The molecule has 7 nitrogen and oxygen atoms in total. The van der Waals surface area contributed by atoms with E-state index in [1.165, 1.54) is 0 Å². The van der Waals surface area contributed by atoms with E-state index in [1.807, 2.05) is 32.9 Å². The molecule has 27 heavy (non-hydrogen) atoms. The van der Waals surface area contributed by atoms with Crippen molar-refractivity contribution in [2.75, 3.05) is 6.54 Å². The summed E-state index contributed by atoms with van der Waals surface area (Å²) in [6.07, 6.45) is 0.391. The average molecular weight is 366 g/mol. The third-order valence-corrected chi connectivity index (χ3v) is 4.56. The molecule has 1 aromatic carbocycles. The first-order valence-electron chi connectivity index (χ1n) is 8.95. The Hall–Kier alpha value is -3.09. The molecule has 1 aliphatic rings. The van der Waals surface area contributed by atoms with E-state index in [0.29, 0.717) is 36.4 Å². The zero-order valence-corrected chi connectivity index (χ0v) is 15.6. The number of rotatable bonds is 1. The van der Waals surface area contributed by atoms with Crippen LogP contribution in [0.3, 0.4) is 0 Å². The maximum Gasteiger partial charge on any atom is 0.410 e. The van der Waals surface area contributed by atoms with Gasteiger partial charge in [-0.3, -0.25) is 0 Å². The van der Waals surface area contributed by atoms with Crippen LogP contribution in [0.4, 0.5) is 4.79 Å². The van der Waals surface area contributed by atoms with Gasteiger partial charge in [-0.05, 0) is 39.0 Å². The number of phenolic OH excluding ortho intramolecular Hbond substituents is 1. The van der Waals surface area contributed by atoms with Gasteiger partial charge in [0.05, 0.1) is 12.2 Å². The molecular formula is C20H22N4O3. The third-order valence-electron chi connectivity index (χ3n) is 4.56. The van der Waals surface area contributed by atoms with Gasteiger partial charge < -0.3 is 19.7 Å². The smallest absolute Gasteiger partial charge is 0.410 e. The van der Waals surface area contributed by atoms with E-state index >= 15 is 0 Å². The number of nitrogens with zero attached hydrogens (tertiary/aromatic N) is 3. The number of phenols is 1. The van der Waals surface area contributed by atoms with Crippen LogP contribution in [0.5, 0.6) is 5.75 Å². The summed E-state index contributed by atoms with van der Waals surface area (Å²) in [7, 11) is 0. The molecule has 3 heterocycles. The highest BCUT2D eigenvalue weighted by atomic mass is 16.6. The molecule has 0 saturated carbocycles. The predicted octanol–water partition coefficient (Wildman–Crippen LogP) is 3.62. The number of para-hydroxylation sites is 1. The van der Waals surface area contributed by atoms with Crippen LogP contribution in [-0.4, -0.2) is 43.4 Å². The highest BCUT2D eigenvalue weighted by molar-refractivity contribution is 5.86. The maximum atomic E-state index is 12.4. The molecule has 0 unspecified atom stereocenters. The van der Waals surface area contributed by atoms with E-state index in [-0.39, 0.29) is 11.8 Å². The van der Waals surface area contributed by atoms with Crippen LogP contribution in [0, 0.1) is 0 Å². The van der Waals surface area contributed by atoms with Gasteiger partial charge in [-0.15, -0.1) is 10.2 Å². The second-order valence-electron chi connectivity index (χ2n) is 7.74. The van der Waals surface area contributed by atoms with Gasteiger partial charge in [-0.1, -0.05) is 12.1 Å². The number of carbonyl (C=O) groups is 1. The van der Waals surface area contributed by atoms with Crippen LogP contribution in [0.15, 0.2) is 30.3 Å². The molecule has 4 rings (SSSR count). The fourth-order valence-electron chi connectivity index (χ4n) is 3.31. The number of aromatic nitrogens is 3. The number of benzene rings is 1. The summed E-state index contributed by atoms with van der Waals surface area (Å²) in [6, 6.07) is 8.94. The Balaban J connectivity index is 1.70. The summed E-state index contributed by atoms with van der Waals surface area (Å²) in [6.45, 7) is 6.63. The van der Waals surface area contributed by atoms with Crippen molar-refractivity contribution >= 4 is 17.1 Å². The zero-order valence-electron chi connectivity index (χ0n) is 15.6. The van der Waals surface area contributed by atoms with Gasteiger partial charge in [0.25, 0.3) is 0 Å². The number of aromatic hydroxyl groups is 1. The molecule has 2 aromatic heterocycles. The fraction of sp³-hybridized carbons (Fsp3) is 0.350. The topological polar surface area (TPSA) is 91.3 Å². The summed E-state index contributed by atoms with van der Waals surface area (Å²) in [4.78, 5) is 17.5. The largest absolute Gasteiger partial charge is 0.507 e. The first-order chi connectivity index (χ1) is 12.8. The predicted molar refractivity (Wildman–Crippen MR) is 101 cm³/mol. The molecular weight excluding hydrogens is 344 g/mol. The molecule has 7 heteroatoms. The van der Waals surface area contributed by atoms with Gasteiger partial charge in [0.15, 0.2) is 5.65 Å². The van der Waals surface area contributed by atoms with E-state index in [4.69, 9.17) is 4.74 Å². The number of fused-ring (bicyclic) bond motifs is 3. The van der Waals surface area contributed by atoms with Crippen molar-refractivity contribution < 1.29 is 14.6 Å². The molecule has 0 aliphatic carbocycles. The molecule has 0 bridgehead atoms. The van der Waals surface area contributed by atoms with Crippen molar-refractivity contribution in [1.29, 1.82) is 0 Å². The van der Waals surface area contributed by atoms with E-state index in [0.717, 1.165) is 16.6 Å². The highest BCUT2D eigenvalue weighted by Crippen LogP contribution is 2.32. The summed E-state index contributed by atoms with van der Waals surface area (Å²) in [5, 5.41) is 19.5. The number of amides is 1. The van der Waals surface area contributed by atoms with Crippen LogP contribution >= 0.6 is 0 Å². The molecule has 140 valence electrons. The number of carbonyl (C=O) groups excluding carboxylic acids is 1. The van der Waals surface area contributed by atoms with Crippen LogP contribution < -0.4 is 0 Å². The molecule has 3 aromatic rings. The minimum atomic E-state index is -0.527. The standard InChI is InChI=1S/C20H22N4O3/c1-20(2,3)27-19(26)24-9-8-15-14(11-24)13-10-16(22-23-18(13)21-15)12-6-4-5-7-17(12)25/h4-7,10,25H,8-9,11H2,1-3H3,(H,21,23). The molecule has 0 saturated heterocycles. The molecule has 0 radical (unpaired) electrons. The van der Waals surface area contributed by atoms with Crippen molar-refractivity contribution in [2.45, 2.75) is 39.3 Å². The van der Waals surface area contributed by atoms with Crippen molar-refractivity contribution in [2.24, 2.45) is 0 Å². The van der Waals surface area contributed by atoms with Crippen LogP contribution in [-0.2, 0) is 17.7 Å². The normalized spacial score (nSPS) is 14.3. The maximum absolute atomic E-state index is 12.4. The van der Waals surface area contributed by atoms with Gasteiger partial charge >= 0.3 is 6.09 Å².